The summed E-state index contributed by atoms with van der Waals surface area (Å²) >= 11 is 4.58. The summed E-state index contributed by atoms with van der Waals surface area (Å²) in [6.45, 7) is 1.81. The minimum atomic E-state index is -0.401. The summed E-state index contributed by atoms with van der Waals surface area (Å²) in [6.07, 6.45) is 0. The third-order valence-electron chi connectivity index (χ3n) is 3.11. The SMILES string of the molecule is Cc1ccc(Sc2ccc(Br)cc2C(=O)N(C)C)c([N+](=O)[O-])c1. The topological polar surface area (TPSA) is 63.5 Å². The number of benzene rings is 2. The number of nitrogens with zero attached hydrogens (tertiary/aromatic N) is 2. The number of amides is 1. The Bertz CT molecular complexity index is 778. The molecule has 1 amide bonds. The van der Waals surface area contributed by atoms with Crippen molar-refractivity contribution in [2.75, 3.05) is 14.1 Å². The molecular formula is C16H15BrN2O3S. The van der Waals surface area contributed by atoms with Crippen molar-refractivity contribution in [2.45, 2.75) is 16.7 Å². The highest BCUT2D eigenvalue weighted by Crippen LogP contribution is 2.38. The summed E-state index contributed by atoms with van der Waals surface area (Å²) < 4.78 is 0.783. The van der Waals surface area contributed by atoms with Crippen molar-refractivity contribution in [3.63, 3.8) is 0 Å². The molecule has 23 heavy (non-hydrogen) atoms. The van der Waals surface area contributed by atoms with Crippen molar-refractivity contribution in [1.82, 2.24) is 4.90 Å². The first-order chi connectivity index (χ1) is 10.8. The van der Waals surface area contributed by atoms with Crippen LogP contribution in [-0.2, 0) is 0 Å². The number of hydrogen-bond donors (Lipinski definition) is 0. The maximum Gasteiger partial charge on any atom is 0.283 e. The zero-order chi connectivity index (χ0) is 17.1. The molecule has 0 aliphatic heterocycles. The molecule has 0 saturated heterocycles. The number of carbonyl (C=O) groups is 1. The molecule has 0 bridgehead atoms. The van der Waals surface area contributed by atoms with Gasteiger partial charge in [0, 0.05) is 29.5 Å². The van der Waals surface area contributed by atoms with Gasteiger partial charge < -0.3 is 4.90 Å². The molecule has 7 heteroatoms. The number of nitro benzene ring substituents is 1. The number of halogens is 1. The highest BCUT2D eigenvalue weighted by atomic mass is 79.9. The van der Waals surface area contributed by atoms with Crippen LogP contribution in [0.4, 0.5) is 5.69 Å². The van der Waals surface area contributed by atoms with E-state index in [1.54, 1.807) is 32.3 Å². The van der Waals surface area contributed by atoms with Crippen molar-refractivity contribution >= 4 is 39.3 Å². The van der Waals surface area contributed by atoms with Crippen LogP contribution in [0.3, 0.4) is 0 Å². The van der Waals surface area contributed by atoms with Gasteiger partial charge in [-0.25, -0.2) is 0 Å². The summed E-state index contributed by atoms with van der Waals surface area (Å²) in [5, 5.41) is 11.3. The van der Waals surface area contributed by atoms with Gasteiger partial charge in [0.25, 0.3) is 11.6 Å². The first kappa shape index (κ1) is 17.5. The van der Waals surface area contributed by atoms with Crippen LogP contribution in [0.5, 0.6) is 0 Å². The Morgan fingerprint density at radius 3 is 2.43 bits per heavy atom. The van der Waals surface area contributed by atoms with Gasteiger partial charge in [-0.2, -0.15) is 0 Å². The number of hydrogen-bond acceptors (Lipinski definition) is 4. The zero-order valence-corrected chi connectivity index (χ0v) is 15.3. The zero-order valence-electron chi connectivity index (χ0n) is 12.9. The fourth-order valence-corrected chi connectivity index (χ4v) is 3.34. The molecular weight excluding hydrogens is 380 g/mol. The van der Waals surface area contributed by atoms with Gasteiger partial charge in [0.05, 0.1) is 15.4 Å². The molecule has 2 aromatic rings. The number of rotatable bonds is 4. The van der Waals surface area contributed by atoms with E-state index in [0.717, 1.165) is 10.0 Å². The van der Waals surface area contributed by atoms with E-state index in [1.165, 1.54) is 22.7 Å². The van der Waals surface area contributed by atoms with E-state index >= 15 is 0 Å². The van der Waals surface area contributed by atoms with Gasteiger partial charge in [-0.1, -0.05) is 33.8 Å². The van der Waals surface area contributed by atoms with Gasteiger partial charge in [-0.3, -0.25) is 14.9 Å². The largest absolute Gasteiger partial charge is 0.345 e. The summed E-state index contributed by atoms with van der Waals surface area (Å²) in [5.74, 6) is -0.149. The van der Waals surface area contributed by atoms with Crippen LogP contribution in [0.15, 0.2) is 50.7 Å². The van der Waals surface area contributed by atoms with Crippen LogP contribution in [0.2, 0.25) is 0 Å². The van der Waals surface area contributed by atoms with Crippen LogP contribution in [-0.4, -0.2) is 29.8 Å². The lowest BCUT2D eigenvalue weighted by Crippen LogP contribution is -2.22. The Kier molecular flexibility index (Phi) is 5.43. The summed E-state index contributed by atoms with van der Waals surface area (Å²) in [6, 6.07) is 10.4. The normalized spacial score (nSPS) is 10.4. The minimum absolute atomic E-state index is 0.0428. The summed E-state index contributed by atoms with van der Waals surface area (Å²) in [4.78, 5) is 25.9. The molecule has 0 unspecified atom stereocenters. The molecule has 0 aliphatic rings. The second-order valence-electron chi connectivity index (χ2n) is 5.17. The quantitative estimate of drug-likeness (QED) is 0.564. The number of carbonyl (C=O) groups excluding carboxylic acids is 1. The lowest BCUT2D eigenvalue weighted by molar-refractivity contribution is -0.387. The van der Waals surface area contributed by atoms with Crippen molar-refractivity contribution in [1.29, 1.82) is 0 Å². The molecule has 0 N–H and O–H groups in total. The predicted molar refractivity (Wildman–Crippen MR) is 94.1 cm³/mol. The smallest absolute Gasteiger partial charge is 0.283 e. The van der Waals surface area contributed by atoms with Gasteiger partial charge in [-0.15, -0.1) is 0 Å². The molecule has 0 aromatic heterocycles. The van der Waals surface area contributed by atoms with Crippen LogP contribution in [0, 0.1) is 17.0 Å². The Balaban J connectivity index is 2.49. The molecule has 0 radical (unpaired) electrons. The van der Waals surface area contributed by atoms with E-state index < -0.39 is 4.92 Å². The average Bonchev–Trinajstić information content (AvgIpc) is 2.49. The number of aryl methyl sites for hydroxylation is 1. The van der Waals surface area contributed by atoms with Crippen LogP contribution in [0.1, 0.15) is 15.9 Å². The molecule has 0 heterocycles. The predicted octanol–water partition coefficient (Wildman–Crippen LogP) is 4.52. The second kappa shape index (κ2) is 7.14. The average molecular weight is 395 g/mol. The molecule has 0 fully saturated rings. The van der Waals surface area contributed by atoms with Gasteiger partial charge in [-0.05, 0) is 36.8 Å². The maximum absolute atomic E-state index is 12.3. The van der Waals surface area contributed by atoms with Gasteiger partial charge >= 0.3 is 0 Å². The Morgan fingerprint density at radius 1 is 1.17 bits per heavy atom. The fourth-order valence-electron chi connectivity index (χ4n) is 1.97. The summed E-state index contributed by atoms with van der Waals surface area (Å²) in [5.41, 5.74) is 1.37. The van der Waals surface area contributed by atoms with Crippen LogP contribution < -0.4 is 0 Å². The monoisotopic (exact) mass is 394 g/mol. The molecule has 2 rings (SSSR count). The summed E-state index contributed by atoms with van der Waals surface area (Å²) in [7, 11) is 3.35. The van der Waals surface area contributed by atoms with Crippen molar-refractivity contribution in [2.24, 2.45) is 0 Å². The highest BCUT2D eigenvalue weighted by Gasteiger charge is 2.19. The van der Waals surface area contributed by atoms with E-state index in [2.05, 4.69) is 15.9 Å². The van der Waals surface area contributed by atoms with Gasteiger partial charge in [0.1, 0.15) is 0 Å². The Labute approximate surface area is 147 Å². The first-order valence-electron chi connectivity index (χ1n) is 6.73. The van der Waals surface area contributed by atoms with E-state index in [1.807, 2.05) is 19.1 Å². The molecule has 2 aromatic carbocycles. The van der Waals surface area contributed by atoms with E-state index in [4.69, 9.17) is 0 Å². The molecule has 0 atom stereocenters. The van der Waals surface area contributed by atoms with E-state index in [9.17, 15) is 14.9 Å². The lowest BCUT2D eigenvalue weighted by atomic mass is 10.2. The third-order valence-corrected chi connectivity index (χ3v) is 4.74. The second-order valence-corrected chi connectivity index (χ2v) is 7.17. The fraction of sp³-hybridized carbons (Fsp3) is 0.188. The first-order valence-corrected chi connectivity index (χ1v) is 8.34. The Morgan fingerprint density at radius 2 is 1.83 bits per heavy atom. The molecule has 0 aliphatic carbocycles. The minimum Gasteiger partial charge on any atom is -0.345 e. The van der Waals surface area contributed by atoms with E-state index in [-0.39, 0.29) is 11.6 Å². The van der Waals surface area contributed by atoms with Gasteiger partial charge in [0.15, 0.2) is 0 Å². The van der Waals surface area contributed by atoms with Crippen molar-refractivity contribution < 1.29 is 9.72 Å². The van der Waals surface area contributed by atoms with Crippen molar-refractivity contribution in [3.8, 4) is 0 Å². The molecule has 120 valence electrons. The standard InChI is InChI=1S/C16H15BrN2O3S/c1-10-4-6-15(13(8-10)19(21)22)23-14-7-5-11(17)9-12(14)16(20)18(2)3/h4-9H,1-3H3. The lowest BCUT2D eigenvalue weighted by Gasteiger charge is -2.14. The van der Waals surface area contributed by atoms with Crippen LogP contribution >= 0.6 is 27.7 Å². The van der Waals surface area contributed by atoms with Crippen LogP contribution in [0.25, 0.3) is 0 Å². The highest BCUT2D eigenvalue weighted by molar-refractivity contribution is 9.10. The van der Waals surface area contributed by atoms with Crippen molar-refractivity contribution in [3.05, 3.63) is 62.1 Å². The maximum atomic E-state index is 12.3. The molecule has 0 saturated carbocycles. The third kappa shape index (κ3) is 4.11. The van der Waals surface area contributed by atoms with E-state index in [0.29, 0.717) is 15.4 Å². The Hall–Kier alpha value is -1.86. The molecule has 5 nitrogen and oxygen atoms in total. The van der Waals surface area contributed by atoms with Gasteiger partial charge in [0.2, 0.25) is 0 Å². The molecule has 0 spiro atoms. The number of nitro groups is 1.